The van der Waals surface area contributed by atoms with Crippen molar-refractivity contribution in [2.24, 2.45) is 0 Å². The standard InChI is InChI=1S/C48H33N3O/c1-48(2)40-21-10-9-19-37(40)39-28-35(24-26-41(39)48)47-50-45(31-15-7-4-8-16-31)49-46(51-47)34-18-11-17-32(27-34)33-23-25-38-43(29-33)52-42-22-12-20-36(44(38)42)30-13-5-3-6-14-30/h3-29H,1-2H3. The van der Waals surface area contributed by atoms with Crippen LogP contribution in [-0.4, -0.2) is 15.0 Å². The van der Waals surface area contributed by atoms with Gasteiger partial charge in [0.1, 0.15) is 11.2 Å². The Morgan fingerprint density at radius 2 is 0.942 bits per heavy atom. The van der Waals surface area contributed by atoms with E-state index < -0.39 is 0 Å². The number of furan rings is 1. The Hall–Kier alpha value is -6.65. The Balaban J connectivity index is 1.08. The van der Waals surface area contributed by atoms with Crippen molar-refractivity contribution in [2.75, 3.05) is 0 Å². The second-order valence-corrected chi connectivity index (χ2v) is 14.0. The van der Waals surface area contributed by atoms with E-state index in [0.717, 1.165) is 49.8 Å². The largest absolute Gasteiger partial charge is 0.456 e. The Labute approximate surface area is 302 Å². The first-order valence-corrected chi connectivity index (χ1v) is 17.7. The highest BCUT2D eigenvalue weighted by Crippen LogP contribution is 2.49. The summed E-state index contributed by atoms with van der Waals surface area (Å²) in [6.45, 7) is 4.60. The summed E-state index contributed by atoms with van der Waals surface area (Å²) >= 11 is 0. The fourth-order valence-electron chi connectivity index (χ4n) is 7.91. The molecule has 1 aliphatic rings. The van der Waals surface area contributed by atoms with Crippen LogP contribution in [0.1, 0.15) is 25.0 Å². The minimum Gasteiger partial charge on any atom is -0.456 e. The highest BCUT2D eigenvalue weighted by molar-refractivity contribution is 6.13. The average molecular weight is 668 g/mol. The molecule has 0 amide bonds. The third kappa shape index (κ3) is 4.87. The molecule has 7 aromatic carbocycles. The predicted molar refractivity (Wildman–Crippen MR) is 212 cm³/mol. The maximum absolute atomic E-state index is 6.45. The molecule has 0 radical (unpaired) electrons. The fraction of sp³-hybridized carbons (Fsp3) is 0.0625. The molecule has 10 rings (SSSR count). The van der Waals surface area contributed by atoms with E-state index >= 15 is 0 Å². The first-order valence-electron chi connectivity index (χ1n) is 17.7. The number of aromatic nitrogens is 3. The van der Waals surface area contributed by atoms with Gasteiger partial charge in [-0.05, 0) is 74.8 Å². The summed E-state index contributed by atoms with van der Waals surface area (Å²) in [5.74, 6) is 1.92. The molecular weight excluding hydrogens is 635 g/mol. The molecule has 246 valence electrons. The van der Waals surface area contributed by atoms with Crippen LogP contribution in [-0.2, 0) is 5.41 Å². The zero-order chi connectivity index (χ0) is 34.8. The maximum atomic E-state index is 6.45. The normalized spacial score (nSPS) is 13.0. The van der Waals surface area contributed by atoms with Crippen molar-refractivity contribution in [3.8, 4) is 67.5 Å². The number of rotatable bonds is 5. The summed E-state index contributed by atoms with van der Waals surface area (Å²) in [6.07, 6.45) is 0. The highest BCUT2D eigenvalue weighted by atomic mass is 16.3. The lowest BCUT2D eigenvalue weighted by molar-refractivity contribution is 0.660. The lowest BCUT2D eigenvalue weighted by Gasteiger charge is -2.21. The summed E-state index contributed by atoms with van der Waals surface area (Å²) in [7, 11) is 0. The molecule has 0 bridgehead atoms. The van der Waals surface area contributed by atoms with Crippen LogP contribution < -0.4 is 0 Å². The van der Waals surface area contributed by atoms with Gasteiger partial charge in [0.05, 0.1) is 0 Å². The minimum absolute atomic E-state index is 0.0695. The third-order valence-electron chi connectivity index (χ3n) is 10.5. The molecule has 0 N–H and O–H groups in total. The molecule has 0 saturated carbocycles. The fourth-order valence-corrected chi connectivity index (χ4v) is 7.91. The molecule has 2 aromatic heterocycles. The van der Waals surface area contributed by atoms with E-state index in [1.807, 2.05) is 42.5 Å². The molecule has 2 heterocycles. The maximum Gasteiger partial charge on any atom is 0.164 e. The van der Waals surface area contributed by atoms with Crippen molar-refractivity contribution < 1.29 is 4.42 Å². The second-order valence-electron chi connectivity index (χ2n) is 14.0. The average Bonchev–Trinajstić information content (AvgIpc) is 3.70. The van der Waals surface area contributed by atoms with Gasteiger partial charge in [-0.1, -0.05) is 147 Å². The lowest BCUT2D eigenvalue weighted by Crippen LogP contribution is -2.14. The molecule has 4 nitrogen and oxygen atoms in total. The molecule has 0 spiro atoms. The quantitative estimate of drug-likeness (QED) is 0.183. The van der Waals surface area contributed by atoms with Crippen molar-refractivity contribution in [3.05, 3.63) is 175 Å². The van der Waals surface area contributed by atoms with Gasteiger partial charge in [0.2, 0.25) is 0 Å². The molecule has 0 fully saturated rings. The Kier molecular flexibility index (Phi) is 6.80. The van der Waals surface area contributed by atoms with E-state index in [-0.39, 0.29) is 5.41 Å². The van der Waals surface area contributed by atoms with E-state index in [9.17, 15) is 0 Å². The minimum atomic E-state index is -0.0695. The van der Waals surface area contributed by atoms with E-state index in [4.69, 9.17) is 19.4 Å². The van der Waals surface area contributed by atoms with E-state index in [1.165, 1.54) is 33.4 Å². The first-order chi connectivity index (χ1) is 25.5. The molecule has 1 aliphatic carbocycles. The molecule has 0 unspecified atom stereocenters. The van der Waals surface area contributed by atoms with Crippen LogP contribution >= 0.6 is 0 Å². The van der Waals surface area contributed by atoms with Gasteiger partial charge >= 0.3 is 0 Å². The van der Waals surface area contributed by atoms with Crippen molar-refractivity contribution in [2.45, 2.75) is 19.3 Å². The number of fused-ring (bicyclic) bond motifs is 6. The van der Waals surface area contributed by atoms with Gasteiger partial charge in [0.25, 0.3) is 0 Å². The van der Waals surface area contributed by atoms with Crippen LogP contribution in [0.5, 0.6) is 0 Å². The SMILES string of the molecule is CC1(C)c2ccccc2-c2cc(-c3nc(-c4ccccc4)nc(-c4cccc(-c5ccc6c(c5)oc5cccc(-c7ccccc7)c56)c4)n3)ccc21. The molecule has 52 heavy (non-hydrogen) atoms. The van der Waals surface area contributed by atoms with Gasteiger partial charge < -0.3 is 4.42 Å². The topological polar surface area (TPSA) is 51.8 Å². The van der Waals surface area contributed by atoms with Crippen molar-refractivity contribution in [3.63, 3.8) is 0 Å². The van der Waals surface area contributed by atoms with E-state index in [1.54, 1.807) is 0 Å². The molecule has 9 aromatic rings. The van der Waals surface area contributed by atoms with Crippen molar-refractivity contribution in [1.82, 2.24) is 15.0 Å². The van der Waals surface area contributed by atoms with Crippen LogP contribution in [0.4, 0.5) is 0 Å². The predicted octanol–water partition coefficient (Wildman–Crippen LogP) is 12.4. The highest BCUT2D eigenvalue weighted by Gasteiger charge is 2.35. The van der Waals surface area contributed by atoms with Gasteiger partial charge in [-0.25, -0.2) is 15.0 Å². The number of nitrogens with zero attached hydrogens (tertiary/aromatic N) is 3. The Morgan fingerprint density at radius 1 is 0.385 bits per heavy atom. The molecule has 0 aliphatic heterocycles. The Bertz CT molecular complexity index is 2820. The molecule has 0 atom stereocenters. The van der Waals surface area contributed by atoms with Gasteiger partial charge in [-0.15, -0.1) is 0 Å². The van der Waals surface area contributed by atoms with Gasteiger partial charge in [0.15, 0.2) is 17.5 Å². The van der Waals surface area contributed by atoms with Crippen LogP contribution in [0.2, 0.25) is 0 Å². The van der Waals surface area contributed by atoms with Crippen LogP contribution in [0.3, 0.4) is 0 Å². The van der Waals surface area contributed by atoms with Gasteiger partial charge in [-0.2, -0.15) is 0 Å². The monoisotopic (exact) mass is 667 g/mol. The number of hydrogen-bond acceptors (Lipinski definition) is 4. The third-order valence-corrected chi connectivity index (χ3v) is 10.5. The molecule has 4 heteroatoms. The Morgan fingerprint density at radius 3 is 1.73 bits per heavy atom. The van der Waals surface area contributed by atoms with Gasteiger partial charge in [-0.3, -0.25) is 0 Å². The van der Waals surface area contributed by atoms with Crippen LogP contribution in [0.15, 0.2) is 168 Å². The summed E-state index contributed by atoms with van der Waals surface area (Å²) in [5.41, 5.74) is 14.1. The zero-order valence-corrected chi connectivity index (χ0v) is 28.8. The second kappa shape index (κ2) is 11.7. The summed E-state index contributed by atoms with van der Waals surface area (Å²) in [4.78, 5) is 15.2. The van der Waals surface area contributed by atoms with E-state index in [0.29, 0.717) is 17.5 Å². The summed E-state index contributed by atoms with van der Waals surface area (Å²) in [5, 5.41) is 2.23. The molecule has 0 saturated heterocycles. The zero-order valence-electron chi connectivity index (χ0n) is 28.8. The van der Waals surface area contributed by atoms with Crippen molar-refractivity contribution in [1.29, 1.82) is 0 Å². The summed E-state index contributed by atoms with van der Waals surface area (Å²) < 4.78 is 6.45. The van der Waals surface area contributed by atoms with Crippen molar-refractivity contribution >= 4 is 21.9 Å². The van der Waals surface area contributed by atoms with Gasteiger partial charge in [0, 0.05) is 32.9 Å². The van der Waals surface area contributed by atoms with E-state index in [2.05, 4.69) is 135 Å². The molecular formula is C48H33N3O. The summed E-state index contributed by atoms with van der Waals surface area (Å²) in [6, 6.07) is 57.2. The number of hydrogen-bond donors (Lipinski definition) is 0. The smallest absolute Gasteiger partial charge is 0.164 e. The van der Waals surface area contributed by atoms with Crippen LogP contribution in [0.25, 0.3) is 89.5 Å². The van der Waals surface area contributed by atoms with Crippen LogP contribution in [0, 0.1) is 0 Å². The lowest BCUT2D eigenvalue weighted by atomic mass is 9.82. The number of benzene rings is 7. The first kappa shape index (κ1) is 30.2.